The van der Waals surface area contributed by atoms with Gasteiger partial charge < -0.3 is 9.47 Å². The molecule has 2 aromatic carbocycles. The van der Waals surface area contributed by atoms with Crippen molar-refractivity contribution in [3.05, 3.63) is 52.8 Å². The first-order valence-corrected chi connectivity index (χ1v) is 8.64. The van der Waals surface area contributed by atoms with Crippen LogP contribution >= 0.6 is 11.6 Å². The lowest BCUT2D eigenvalue weighted by atomic mass is 10.2. The Morgan fingerprint density at radius 1 is 1.08 bits per heavy atom. The maximum absolute atomic E-state index is 13.1. The lowest BCUT2D eigenvalue weighted by Crippen LogP contribution is -2.41. The third kappa shape index (κ3) is 4.38. The van der Waals surface area contributed by atoms with Gasteiger partial charge in [0.2, 0.25) is 0 Å². The lowest BCUT2D eigenvalue weighted by molar-refractivity contribution is 0.0944. The normalized spacial score (nSPS) is 11.0. The lowest BCUT2D eigenvalue weighted by Gasteiger charge is -2.11. The molecule has 2 rings (SSSR count). The number of hydrazine groups is 1. The zero-order chi connectivity index (χ0) is 18.6. The highest BCUT2D eigenvalue weighted by atomic mass is 35.5. The Hall–Kier alpha value is -2.36. The Balaban J connectivity index is 2.14. The van der Waals surface area contributed by atoms with Gasteiger partial charge >= 0.3 is 0 Å². The van der Waals surface area contributed by atoms with E-state index >= 15 is 0 Å². The Kier molecular flexibility index (Phi) is 5.83. The summed E-state index contributed by atoms with van der Waals surface area (Å²) in [6.07, 6.45) is 0. The molecule has 2 N–H and O–H groups in total. The SMILES string of the molecule is COc1ccc(C(=O)NNS(=O)(=O)c2ccc(F)c(Cl)c2)cc1OC. The number of ether oxygens (including phenoxy) is 2. The number of hydrogen-bond acceptors (Lipinski definition) is 5. The van der Waals surface area contributed by atoms with Crippen molar-refractivity contribution in [3.63, 3.8) is 0 Å². The zero-order valence-electron chi connectivity index (χ0n) is 13.2. The third-order valence-corrected chi connectivity index (χ3v) is 4.68. The maximum atomic E-state index is 13.1. The number of amides is 1. The van der Waals surface area contributed by atoms with Crippen LogP contribution in [0.2, 0.25) is 5.02 Å². The minimum atomic E-state index is -4.12. The summed E-state index contributed by atoms with van der Waals surface area (Å²) in [5, 5.41) is -0.353. The molecule has 0 heterocycles. The van der Waals surface area contributed by atoms with E-state index in [0.29, 0.717) is 11.5 Å². The largest absolute Gasteiger partial charge is 0.493 e. The summed E-state index contributed by atoms with van der Waals surface area (Å²) in [5.41, 5.74) is 2.19. The third-order valence-electron chi connectivity index (χ3n) is 3.15. The minimum Gasteiger partial charge on any atom is -0.493 e. The Morgan fingerprint density at radius 2 is 1.76 bits per heavy atom. The van der Waals surface area contributed by atoms with Gasteiger partial charge in [0.25, 0.3) is 15.9 Å². The number of methoxy groups -OCH3 is 2. The Morgan fingerprint density at radius 3 is 2.36 bits per heavy atom. The molecule has 0 unspecified atom stereocenters. The second-order valence-corrected chi connectivity index (χ2v) is 6.79. The average Bonchev–Trinajstić information content (AvgIpc) is 2.61. The van der Waals surface area contributed by atoms with Crippen molar-refractivity contribution in [2.75, 3.05) is 14.2 Å². The van der Waals surface area contributed by atoms with Crippen LogP contribution in [0.4, 0.5) is 4.39 Å². The summed E-state index contributed by atoms with van der Waals surface area (Å²) in [7, 11) is -1.27. The van der Waals surface area contributed by atoms with Crippen LogP contribution in [0.3, 0.4) is 0 Å². The Labute approximate surface area is 148 Å². The van der Waals surface area contributed by atoms with E-state index in [2.05, 4.69) is 5.43 Å². The van der Waals surface area contributed by atoms with Gasteiger partial charge in [-0.1, -0.05) is 11.6 Å². The van der Waals surface area contributed by atoms with E-state index in [0.717, 1.165) is 18.2 Å². The van der Waals surface area contributed by atoms with Crippen molar-refractivity contribution in [2.24, 2.45) is 0 Å². The van der Waals surface area contributed by atoms with E-state index in [1.54, 1.807) is 0 Å². The topological polar surface area (TPSA) is 93.7 Å². The molecular weight excluding hydrogens is 375 g/mol. The zero-order valence-corrected chi connectivity index (χ0v) is 14.7. The van der Waals surface area contributed by atoms with Gasteiger partial charge in [0.1, 0.15) is 5.82 Å². The highest BCUT2D eigenvalue weighted by Crippen LogP contribution is 2.27. The van der Waals surface area contributed by atoms with E-state index in [4.69, 9.17) is 21.1 Å². The molecule has 25 heavy (non-hydrogen) atoms. The fourth-order valence-corrected chi connectivity index (χ4v) is 2.98. The number of halogens is 2. The number of benzene rings is 2. The van der Waals surface area contributed by atoms with Crippen molar-refractivity contribution >= 4 is 27.5 Å². The van der Waals surface area contributed by atoms with Crippen molar-refractivity contribution in [1.29, 1.82) is 0 Å². The van der Waals surface area contributed by atoms with Gasteiger partial charge in [-0.05, 0) is 36.4 Å². The van der Waals surface area contributed by atoms with Crippen LogP contribution in [0, 0.1) is 5.82 Å². The van der Waals surface area contributed by atoms with Crippen LogP contribution in [-0.4, -0.2) is 28.5 Å². The molecule has 2 aromatic rings. The molecular formula is C15H14ClFN2O5S. The quantitative estimate of drug-likeness (QED) is 0.739. The van der Waals surface area contributed by atoms with E-state index < -0.39 is 21.7 Å². The molecule has 0 spiro atoms. The second-order valence-electron chi connectivity index (χ2n) is 4.71. The first-order chi connectivity index (χ1) is 11.8. The predicted octanol–water partition coefficient (Wildman–Crippen LogP) is 2.12. The van der Waals surface area contributed by atoms with Crippen LogP contribution in [0.1, 0.15) is 10.4 Å². The summed E-state index contributed by atoms with van der Waals surface area (Å²) in [5.74, 6) is -0.753. The van der Waals surface area contributed by atoms with Crippen LogP contribution in [0.5, 0.6) is 11.5 Å². The highest BCUT2D eigenvalue weighted by Gasteiger charge is 2.18. The smallest absolute Gasteiger partial charge is 0.266 e. The van der Waals surface area contributed by atoms with Gasteiger partial charge in [-0.25, -0.2) is 12.8 Å². The fraction of sp³-hybridized carbons (Fsp3) is 0.133. The summed E-state index contributed by atoms with van der Waals surface area (Å²) in [4.78, 5) is 13.7. The van der Waals surface area contributed by atoms with Crippen molar-refractivity contribution < 1.29 is 27.1 Å². The molecule has 0 aliphatic carbocycles. The van der Waals surface area contributed by atoms with Crippen molar-refractivity contribution in [3.8, 4) is 11.5 Å². The highest BCUT2D eigenvalue weighted by molar-refractivity contribution is 7.89. The summed E-state index contributed by atoms with van der Waals surface area (Å²) in [6.45, 7) is 0. The monoisotopic (exact) mass is 388 g/mol. The Bertz CT molecular complexity index is 905. The molecule has 0 aliphatic rings. The van der Waals surface area contributed by atoms with E-state index in [-0.39, 0.29) is 15.5 Å². The number of sulfonamides is 1. The van der Waals surface area contributed by atoms with E-state index in [1.165, 1.54) is 32.4 Å². The average molecular weight is 389 g/mol. The first-order valence-electron chi connectivity index (χ1n) is 6.77. The van der Waals surface area contributed by atoms with Gasteiger partial charge in [-0.3, -0.25) is 10.2 Å². The van der Waals surface area contributed by atoms with Gasteiger partial charge in [-0.2, -0.15) is 0 Å². The molecule has 0 fully saturated rings. The van der Waals surface area contributed by atoms with Gasteiger partial charge in [-0.15, -0.1) is 4.83 Å². The molecule has 0 bridgehead atoms. The van der Waals surface area contributed by atoms with Crippen LogP contribution in [-0.2, 0) is 10.0 Å². The number of carbonyl (C=O) groups is 1. The molecule has 10 heteroatoms. The number of carbonyl (C=O) groups excluding carboxylic acids is 1. The molecule has 0 aromatic heterocycles. The van der Waals surface area contributed by atoms with E-state index in [9.17, 15) is 17.6 Å². The van der Waals surface area contributed by atoms with Crippen molar-refractivity contribution in [1.82, 2.24) is 10.3 Å². The molecule has 0 saturated carbocycles. The molecule has 0 aliphatic heterocycles. The van der Waals surface area contributed by atoms with Gasteiger partial charge in [0.15, 0.2) is 11.5 Å². The molecule has 134 valence electrons. The number of nitrogens with one attached hydrogen (secondary N) is 2. The van der Waals surface area contributed by atoms with Crippen LogP contribution in [0.25, 0.3) is 0 Å². The first kappa shape index (κ1) is 19.0. The van der Waals surface area contributed by atoms with Crippen LogP contribution < -0.4 is 19.7 Å². The van der Waals surface area contributed by atoms with Crippen LogP contribution in [0.15, 0.2) is 41.3 Å². The second kappa shape index (κ2) is 7.68. The summed E-state index contributed by atoms with van der Waals surface area (Å²) >= 11 is 5.56. The van der Waals surface area contributed by atoms with E-state index in [1.807, 2.05) is 4.83 Å². The standard InChI is InChI=1S/C15H14ClFN2O5S/c1-23-13-6-3-9(7-14(13)24-2)15(20)18-19-25(21,22)10-4-5-12(17)11(16)8-10/h3-8,19H,1-2H3,(H,18,20). The molecule has 0 saturated heterocycles. The summed E-state index contributed by atoms with van der Waals surface area (Å²) < 4.78 is 47.4. The maximum Gasteiger partial charge on any atom is 0.266 e. The minimum absolute atomic E-state index is 0.137. The molecule has 1 amide bonds. The number of hydrogen-bond donors (Lipinski definition) is 2. The molecule has 0 radical (unpaired) electrons. The van der Waals surface area contributed by atoms with Gasteiger partial charge in [0.05, 0.1) is 24.1 Å². The number of rotatable bonds is 6. The van der Waals surface area contributed by atoms with Gasteiger partial charge in [0, 0.05) is 5.56 Å². The predicted molar refractivity (Wildman–Crippen MR) is 88.7 cm³/mol. The molecule has 0 atom stereocenters. The fourth-order valence-electron chi connectivity index (χ4n) is 1.87. The molecule has 7 nitrogen and oxygen atoms in total. The van der Waals surface area contributed by atoms with Crippen molar-refractivity contribution in [2.45, 2.75) is 4.90 Å². The summed E-state index contributed by atoms with van der Waals surface area (Å²) in [6, 6.07) is 7.18.